The van der Waals surface area contributed by atoms with Gasteiger partial charge in [0.05, 0.1) is 0 Å². The van der Waals surface area contributed by atoms with E-state index in [1.807, 2.05) is 24.3 Å². The maximum atomic E-state index is 11.1. The molecule has 1 N–H and O–H groups in total. The Morgan fingerprint density at radius 1 is 1.12 bits per heavy atom. The van der Waals surface area contributed by atoms with Gasteiger partial charge in [-0.2, -0.15) is 0 Å². The van der Waals surface area contributed by atoms with E-state index in [4.69, 9.17) is 5.11 Å². The molecule has 0 spiro atoms. The number of aliphatic carboxylic acids is 1. The average Bonchev–Trinajstić information content (AvgIpc) is 2.17. The van der Waals surface area contributed by atoms with Crippen LogP contribution in [0.4, 0.5) is 0 Å². The number of carbonyl (C=O) groups is 1. The Morgan fingerprint density at radius 2 is 1.56 bits per heavy atom. The van der Waals surface area contributed by atoms with Gasteiger partial charge in [-0.1, -0.05) is 38.1 Å². The average molecular weight is 221 g/mol. The molecule has 0 bridgehead atoms. The first-order valence-corrected chi connectivity index (χ1v) is 5.42. The van der Waals surface area contributed by atoms with E-state index < -0.39 is 12.0 Å². The van der Waals surface area contributed by atoms with Crippen molar-refractivity contribution in [3.63, 3.8) is 0 Å². The van der Waals surface area contributed by atoms with Gasteiger partial charge in [0.2, 0.25) is 0 Å². The van der Waals surface area contributed by atoms with Crippen LogP contribution in [0.25, 0.3) is 0 Å². The summed E-state index contributed by atoms with van der Waals surface area (Å²) in [5, 5.41) is 9.13. The second-order valence-electron chi connectivity index (χ2n) is 4.53. The summed E-state index contributed by atoms with van der Waals surface area (Å²) in [5.74, 6) is -0.348. The first-order valence-electron chi connectivity index (χ1n) is 5.42. The van der Waals surface area contributed by atoms with Gasteiger partial charge >= 0.3 is 5.97 Å². The minimum atomic E-state index is -0.817. The molecule has 0 fully saturated rings. The third-order valence-electron chi connectivity index (χ3n) is 2.67. The minimum absolute atomic E-state index is 0.469. The fourth-order valence-corrected chi connectivity index (χ4v) is 1.72. The topological polar surface area (TPSA) is 40.5 Å². The second kappa shape index (κ2) is 5.12. The van der Waals surface area contributed by atoms with Gasteiger partial charge in [-0.05, 0) is 31.1 Å². The highest BCUT2D eigenvalue weighted by atomic mass is 16.4. The van der Waals surface area contributed by atoms with E-state index in [0.29, 0.717) is 5.92 Å². The molecular formula is C13H19NO2. The van der Waals surface area contributed by atoms with E-state index in [9.17, 15) is 4.79 Å². The SMILES string of the molecule is CC(C)c1ccc([C@@H](C(=O)O)N(C)C)cc1. The molecule has 3 heteroatoms. The molecule has 0 amide bonds. The zero-order valence-electron chi connectivity index (χ0n) is 10.3. The van der Waals surface area contributed by atoms with Crippen LogP contribution >= 0.6 is 0 Å². The molecule has 0 aliphatic rings. The van der Waals surface area contributed by atoms with E-state index in [-0.39, 0.29) is 0 Å². The molecule has 1 aromatic carbocycles. The number of nitrogens with zero attached hydrogens (tertiary/aromatic N) is 1. The van der Waals surface area contributed by atoms with Crippen molar-refractivity contribution in [2.45, 2.75) is 25.8 Å². The molecule has 0 unspecified atom stereocenters. The summed E-state index contributed by atoms with van der Waals surface area (Å²) in [5.41, 5.74) is 2.05. The fourth-order valence-electron chi connectivity index (χ4n) is 1.72. The molecule has 0 heterocycles. The van der Waals surface area contributed by atoms with Crippen molar-refractivity contribution in [2.75, 3.05) is 14.1 Å². The highest BCUT2D eigenvalue weighted by Gasteiger charge is 2.21. The number of hydrogen-bond donors (Lipinski definition) is 1. The second-order valence-corrected chi connectivity index (χ2v) is 4.53. The molecule has 0 aliphatic heterocycles. The van der Waals surface area contributed by atoms with Crippen LogP contribution in [-0.4, -0.2) is 30.1 Å². The summed E-state index contributed by atoms with van der Waals surface area (Å²) in [6.07, 6.45) is 0. The molecule has 88 valence electrons. The summed E-state index contributed by atoms with van der Waals surface area (Å²) in [7, 11) is 3.55. The number of carboxylic acids is 1. The Morgan fingerprint density at radius 3 is 1.88 bits per heavy atom. The van der Waals surface area contributed by atoms with Crippen LogP contribution in [-0.2, 0) is 4.79 Å². The van der Waals surface area contributed by atoms with Crippen molar-refractivity contribution in [1.29, 1.82) is 0 Å². The van der Waals surface area contributed by atoms with E-state index in [2.05, 4.69) is 13.8 Å². The highest BCUT2D eigenvalue weighted by Crippen LogP contribution is 2.21. The van der Waals surface area contributed by atoms with E-state index in [1.54, 1.807) is 19.0 Å². The summed E-state index contributed by atoms with van der Waals surface area (Å²) in [4.78, 5) is 12.8. The van der Waals surface area contributed by atoms with Crippen molar-refractivity contribution in [3.05, 3.63) is 35.4 Å². The molecule has 1 rings (SSSR count). The lowest BCUT2D eigenvalue weighted by Crippen LogP contribution is -2.27. The standard InChI is InChI=1S/C13H19NO2/c1-9(2)10-5-7-11(8-6-10)12(13(15)16)14(3)4/h5-9,12H,1-4H3,(H,15,16)/t12-/m0/s1. The maximum absolute atomic E-state index is 11.1. The summed E-state index contributed by atoms with van der Waals surface area (Å²) in [6, 6.07) is 7.22. The first-order chi connectivity index (χ1) is 7.43. The molecule has 16 heavy (non-hydrogen) atoms. The number of benzene rings is 1. The lowest BCUT2D eigenvalue weighted by Gasteiger charge is -2.20. The monoisotopic (exact) mass is 221 g/mol. The Kier molecular flexibility index (Phi) is 4.07. The largest absolute Gasteiger partial charge is 0.480 e. The van der Waals surface area contributed by atoms with E-state index in [0.717, 1.165) is 5.56 Å². The molecular weight excluding hydrogens is 202 g/mol. The van der Waals surface area contributed by atoms with Gasteiger partial charge < -0.3 is 5.11 Å². The summed E-state index contributed by atoms with van der Waals surface area (Å²) >= 11 is 0. The van der Waals surface area contributed by atoms with E-state index in [1.165, 1.54) is 5.56 Å². The number of likely N-dealkylation sites (N-methyl/N-ethyl adjacent to an activating group) is 1. The minimum Gasteiger partial charge on any atom is -0.480 e. The zero-order valence-corrected chi connectivity index (χ0v) is 10.3. The lowest BCUT2D eigenvalue weighted by atomic mass is 9.99. The smallest absolute Gasteiger partial charge is 0.325 e. The fraction of sp³-hybridized carbons (Fsp3) is 0.462. The van der Waals surface area contributed by atoms with Crippen LogP contribution in [0, 0.1) is 0 Å². The van der Waals surface area contributed by atoms with Gasteiger partial charge in [-0.25, -0.2) is 0 Å². The third-order valence-corrected chi connectivity index (χ3v) is 2.67. The molecule has 1 aromatic rings. The van der Waals surface area contributed by atoms with Crippen molar-refractivity contribution >= 4 is 5.97 Å². The van der Waals surface area contributed by atoms with Gasteiger partial charge in [-0.15, -0.1) is 0 Å². The van der Waals surface area contributed by atoms with Gasteiger partial charge in [0.25, 0.3) is 0 Å². The molecule has 0 saturated carbocycles. The van der Waals surface area contributed by atoms with Gasteiger partial charge in [0.1, 0.15) is 6.04 Å². The molecule has 0 aliphatic carbocycles. The van der Waals surface area contributed by atoms with Crippen LogP contribution in [0.3, 0.4) is 0 Å². The molecule has 3 nitrogen and oxygen atoms in total. The van der Waals surface area contributed by atoms with Gasteiger partial charge in [-0.3, -0.25) is 9.69 Å². The Labute approximate surface area is 96.7 Å². The van der Waals surface area contributed by atoms with Crippen LogP contribution in [0.15, 0.2) is 24.3 Å². The quantitative estimate of drug-likeness (QED) is 0.849. The van der Waals surface area contributed by atoms with Crippen molar-refractivity contribution in [3.8, 4) is 0 Å². The lowest BCUT2D eigenvalue weighted by molar-refractivity contribution is -0.142. The Hall–Kier alpha value is -1.35. The molecule has 1 atom stereocenters. The molecule has 0 saturated heterocycles. The Bertz CT molecular complexity index is 355. The van der Waals surface area contributed by atoms with Crippen LogP contribution < -0.4 is 0 Å². The van der Waals surface area contributed by atoms with Crippen molar-refractivity contribution < 1.29 is 9.90 Å². The van der Waals surface area contributed by atoms with Crippen LogP contribution in [0.2, 0.25) is 0 Å². The van der Waals surface area contributed by atoms with E-state index >= 15 is 0 Å². The maximum Gasteiger partial charge on any atom is 0.325 e. The predicted octanol–water partition coefficient (Wildman–Crippen LogP) is 2.50. The van der Waals surface area contributed by atoms with Crippen LogP contribution in [0.5, 0.6) is 0 Å². The molecule has 0 aromatic heterocycles. The zero-order chi connectivity index (χ0) is 12.3. The van der Waals surface area contributed by atoms with Crippen molar-refractivity contribution in [2.24, 2.45) is 0 Å². The summed E-state index contributed by atoms with van der Waals surface area (Å²) in [6.45, 7) is 4.24. The third kappa shape index (κ3) is 2.83. The van der Waals surface area contributed by atoms with Gasteiger partial charge in [0.15, 0.2) is 0 Å². The predicted molar refractivity (Wildman–Crippen MR) is 64.6 cm³/mol. The summed E-state index contributed by atoms with van der Waals surface area (Å²) < 4.78 is 0. The van der Waals surface area contributed by atoms with Crippen molar-refractivity contribution in [1.82, 2.24) is 4.90 Å². The molecule has 0 radical (unpaired) electrons. The normalized spacial score (nSPS) is 13.1. The number of carboxylic acid groups (broad SMARTS) is 1. The number of hydrogen-bond acceptors (Lipinski definition) is 2. The van der Waals surface area contributed by atoms with Crippen LogP contribution in [0.1, 0.15) is 36.9 Å². The first kappa shape index (κ1) is 12.7. The highest BCUT2D eigenvalue weighted by molar-refractivity contribution is 5.75. The van der Waals surface area contributed by atoms with Gasteiger partial charge in [0, 0.05) is 0 Å². The number of rotatable bonds is 4. The Balaban J connectivity index is 2.99.